The molecule has 9 heteroatoms. The molecule has 1 amide bonds. The average Bonchev–Trinajstić information content (AvgIpc) is 3.45. The number of rotatable bonds is 7. The van der Waals surface area contributed by atoms with Gasteiger partial charge in [0.15, 0.2) is 29.9 Å². The molecule has 2 aliphatic rings. The first-order valence-corrected chi connectivity index (χ1v) is 10.7. The van der Waals surface area contributed by atoms with Gasteiger partial charge in [0.1, 0.15) is 11.5 Å². The van der Waals surface area contributed by atoms with Crippen LogP contribution in [0, 0.1) is 0 Å². The molecule has 2 N–H and O–H groups in total. The lowest BCUT2D eigenvalue weighted by atomic mass is 10.1. The number of hydrogen-bond donors (Lipinski definition) is 2. The summed E-state index contributed by atoms with van der Waals surface area (Å²) in [6.07, 6.45) is 1.61. The highest BCUT2D eigenvalue weighted by atomic mass is 16.7. The number of benzene rings is 3. The molecule has 35 heavy (non-hydrogen) atoms. The van der Waals surface area contributed by atoms with Crippen LogP contribution in [-0.4, -0.2) is 36.2 Å². The third kappa shape index (κ3) is 4.65. The average molecular weight is 473 g/mol. The summed E-state index contributed by atoms with van der Waals surface area (Å²) in [5.74, 6) is -0.116. The van der Waals surface area contributed by atoms with Crippen LogP contribution in [0.3, 0.4) is 0 Å². The summed E-state index contributed by atoms with van der Waals surface area (Å²) in [5, 5.41) is 11.9. The minimum Gasteiger partial charge on any atom is -0.484 e. The van der Waals surface area contributed by atoms with E-state index in [1.54, 1.807) is 66.7 Å². The molecule has 0 saturated heterocycles. The van der Waals surface area contributed by atoms with E-state index in [1.807, 2.05) is 0 Å². The molecule has 0 aromatic heterocycles. The summed E-state index contributed by atoms with van der Waals surface area (Å²) in [6, 6.07) is 17.1. The number of carboxylic acid groups (broad SMARTS) is 1. The number of hydrogen-bond acceptors (Lipinski definition) is 7. The minimum atomic E-state index is -1.20. The van der Waals surface area contributed by atoms with E-state index in [4.69, 9.17) is 18.9 Å². The first kappa shape index (κ1) is 22.0. The Morgan fingerprint density at radius 1 is 1.00 bits per heavy atom. The van der Waals surface area contributed by atoms with E-state index in [1.165, 1.54) is 6.07 Å². The van der Waals surface area contributed by atoms with E-state index in [0.717, 1.165) is 0 Å². The summed E-state index contributed by atoms with van der Waals surface area (Å²) in [4.78, 5) is 36.6. The van der Waals surface area contributed by atoms with Crippen LogP contribution < -0.4 is 24.3 Å². The summed E-state index contributed by atoms with van der Waals surface area (Å²) < 4.78 is 21.9. The Balaban J connectivity index is 1.24. The summed E-state index contributed by atoms with van der Waals surface area (Å²) in [6.45, 7) is -0.260. The molecule has 0 aliphatic carbocycles. The summed E-state index contributed by atoms with van der Waals surface area (Å²) in [7, 11) is 0. The zero-order valence-electron chi connectivity index (χ0n) is 18.2. The number of carbonyl (C=O) groups is 3. The monoisotopic (exact) mass is 473 g/mol. The van der Waals surface area contributed by atoms with Crippen molar-refractivity contribution in [1.82, 2.24) is 5.32 Å². The van der Waals surface area contributed by atoms with E-state index in [-0.39, 0.29) is 18.3 Å². The Morgan fingerprint density at radius 3 is 2.60 bits per heavy atom. The molecule has 2 heterocycles. The van der Waals surface area contributed by atoms with Crippen LogP contribution in [0.1, 0.15) is 27.5 Å². The molecular formula is C26H19NO8. The van der Waals surface area contributed by atoms with Crippen molar-refractivity contribution in [2.45, 2.75) is 6.04 Å². The Hall–Kier alpha value is -4.79. The standard InChI is InChI=1S/C26H19NO8/c28-23(27-24(26(30)31)16-4-2-1-3-5-16)13-32-17-7-8-18-20(12-17)35-22(25(18)29)11-15-6-9-19-21(10-15)34-14-33-19/h1-12,24H,13-14H2,(H,27,28)(H,30,31)/t24-/m1/s1. The van der Waals surface area contributed by atoms with Crippen molar-refractivity contribution in [3.8, 4) is 23.0 Å². The van der Waals surface area contributed by atoms with Crippen molar-refractivity contribution in [3.05, 3.63) is 89.2 Å². The third-order valence-electron chi connectivity index (χ3n) is 5.39. The molecule has 0 unspecified atom stereocenters. The number of ether oxygens (including phenoxy) is 4. The van der Waals surface area contributed by atoms with Crippen molar-refractivity contribution >= 4 is 23.7 Å². The molecule has 3 aromatic rings. The topological polar surface area (TPSA) is 120 Å². The molecule has 5 rings (SSSR count). The lowest BCUT2D eigenvalue weighted by Crippen LogP contribution is -2.36. The molecule has 0 radical (unpaired) electrons. The Kier molecular flexibility index (Phi) is 5.80. The zero-order valence-corrected chi connectivity index (χ0v) is 18.2. The van der Waals surface area contributed by atoms with E-state index in [2.05, 4.69) is 5.32 Å². The van der Waals surface area contributed by atoms with Crippen molar-refractivity contribution in [2.24, 2.45) is 0 Å². The predicted octanol–water partition coefficient (Wildman–Crippen LogP) is 3.35. The van der Waals surface area contributed by atoms with E-state index in [0.29, 0.717) is 39.7 Å². The fourth-order valence-electron chi connectivity index (χ4n) is 3.70. The molecule has 0 bridgehead atoms. The molecule has 0 spiro atoms. The maximum Gasteiger partial charge on any atom is 0.330 e. The largest absolute Gasteiger partial charge is 0.484 e. The number of Topliss-reactive ketones (excluding diaryl/α,β-unsaturated/α-hetero) is 1. The van der Waals surface area contributed by atoms with Crippen molar-refractivity contribution in [3.63, 3.8) is 0 Å². The van der Waals surface area contributed by atoms with Crippen molar-refractivity contribution < 1.29 is 38.4 Å². The number of aliphatic carboxylic acids is 1. The summed E-state index contributed by atoms with van der Waals surface area (Å²) >= 11 is 0. The van der Waals surface area contributed by atoms with Crippen molar-refractivity contribution in [2.75, 3.05) is 13.4 Å². The lowest BCUT2D eigenvalue weighted by molar-refractivity contribution is -0.142. The van der Waals surface area contributed by atoms with Gasteiger partial charge in [-0.05, 0) is 41.5 Å². The number of nitrogens with one attached hydrogen (secondary N) is 1. The van der Waals surface area contributed by atoms with Gasteiger partial charge < -0.3 is 29.4 Å². The second-order valence-corrected chi connectivity index (χ2v) is 7.75. The molecule has 2 aliphatic heterocycles. The predicted molar refractivity (Wildman–Crippen MR) is 122 cm³/mol. The highest BCUT2D eigenvalue weighted by Crippen LogP contribution is 2.37. The molecule has 9 nitrogen and oxygen atoms in total. The first-order chi connectivity index (χ1) is 17.0. The minimum absolute atomic E-state index is 0.140. The van der Waals surface area contributed by atoms with Crippen LogP contribution in [0.25, 0.3) is 6.08 Å². The molecular weight excluding hydrogens is 454 g/mol. The first-order valence-electron chi connectivity index (χ1n) is 10.7. The highest BCUT2D eigenvalue weighted by molar-refractivity contribution is 6.14. The number of allylic oxidation sites excluding steroid dienone is 1. The van der Waals surface area contributed by atoms with Crippen LogP contribution in [0.5, 0.6) is 23.0 Å². The maximum absolute atomic E-state index is 12.7. The normalized spacial score (nSPS) is 15.3. The number of amides is 1. The number of fused-ring (bicyclic) bond motifs is 2. The lowest BCUT2D eigenvalue weighted by Gasteiger charge is -2.15. The van der Waals surface area contributed by atoms with Gasteiger partial charge in [-0.25, -0.2) is 4.79 Å². The molecule has 0 saturated carbocycles. The van der Waals surface area contributed by atoms with E-state index >= 15 is 0 Å². The molecule has 176 valence electrons. The van der Waals surface area contributed by atoms with E-state index < -0.39 is 24.5 Å². The smallest absolute Gasteiger partial charge is 0.330 e. The number of ketones is 1. The van der Waals surface area contributed by atoms with Gasteiger partial charge in [0.05, 0.1) is 5.56 Å². The molecule has 3 aromatic carbocycles. The fourth-order valence-corrected chi connectivity index (χ4v) is 3.70. The Labute approximate surface area is 199 Å². The van der Waals surface area contributed by atoms with Crippen LogP contribution in [-0.2, 0) is 9.59 Å². The third-order valence-corrected chi connectivity index (χ3v) is 5.39. The van der Waals surface area contributed by atoms with Gasteiger partial charge >= 0.3 is 5.97 Å². The quantitative estimate of drug-likeness (QED) is 0.502. The van der Waals surface area contributed by atoms with Gasteiger partial charge in [-0.15, -0.1) is 0 Å². The van der Waals surface area contributed by atoms with Gasteiger partial charge in [0.25, 0.3) is 5.91 Å². The van der Waals surface area contributed by atoms with Gasteiger partial charge in [-0.1, -0.05) is 36.4 Å². The van der Waals surface area contributed by atoms with Crippen LogP contribution in [0.15, 0.2) is 72.5 Å². The zero-order chi connectivity index (χ0) is 24.4. The van der Waals surface area contributed by atoms with Crippen LogP contribution in [0.4, 0.5) is 0 Å². The van der Waals surface area contributed by atoms with E-state index in [9.17, 15) is 19.5 Å². The SMILES string of the molecule is O=C(COc1ccc2c(c1)OC(=Cc1ccc3c(c1)OCO3)C2=O)N[C@@H](C(=O)O)c1ccccc1. The van der Waals surface area contributed by atoms with Crippen molar-refractivity contribution in [1.29, 1.82) is 0 Å². The Morgan fingerprint density at radius 2 is 1.80 bits per heavy atom. The highest BCUT2D eigenvalue weighted by Gasteiger charge is 2.28. The second kappa shape index (κ2) is 9.22. The molecule has 1 atom stereocenters. The molecule has 0 fully saturated rings. The maximum atomic E-state index is 12.7. The van der Waals surface area contributed by atoms with Gasteiger partial charge in [-0.3, -0.25) is 9.59 Å². The van der Waals surface area contributed by atoms with Gasteiger partial charge in [0.2, 0.25) is 12.6 Å². The van der Waals surface area contributed by atoms with Crippen LogP contribution >= 0.6 is 0 Å². The van der Waals surface area contributed by atoms with Gasteiger partial charge in [0, 0.05) is 6.07 Å². The second-order valence-electron chi connectivity index (χ2n) is 7.75. The Bertz CT molecular complexity index is 1350. The number of carboxylic acids is 1. The van der Waals surface area contributed by atoms with Crippen LogP contribution in [0.2, 0.25) is 0 Å². The fraction of sp³-hybridized carbons (Fsp3) is 0.115. The summed E-state index contributed by atoms with van der Waals surface area (Å²) in [5.41, 5.74) is 1.52. The number of carbonyl (C=O) groups excluding carboxylic acids is 2. The van der Waals surface area contributed by atoms with Gasteiger partial charge in [-0.2, -0.15) is 0 Å².